The van der Waals surface area contributed by atoms with Crippen LogP contribution in [0.3, 0.4) is 0 Å². The van der Waals surface area contributed by atoms with Crippen molar-refractivity contribution in [2.24, 2.45) is 0 Å². The summed E-state index contributed by atoms with van der Waals surface area (Å²) in [5.41, 5.74) is 0. The molecule has 0 N–H and O–H groups in total. The second-order valence-electron chi connectivity index (χ2n) is 5.72. The van der Waals surface area contributed by atoms with Crippen LogP contribution >= 0.6 is 35.2 Å². The molecule has 116 valence electrons. The lowest BCUT2D eigenvalue weighted by Crippen LogP contribution is -1.84. The van der Waals surface area contributed by atoms with E-state index < -0.39 is 0 Å². The van der Waals surface area contributed by atoms with Crippen molar-refractivity contribution in [2.75, 3.05) is 10.2 Å². The van der Waals surface area contributed by atoms with Gasteiger partial charge < -0.3 is 0 Å². The largest absolute Gasteiger partial charge is 0.179 e. The first kappa shape index (κ1) is 20.1. The van der Waals surface area contributed by atoms with Crippen LogP contribution in [0.1, 0.15) is 96.3 Å². The van der Waals surface area contributed by atoms with Crippen LogP contribution in [0.5, 0.6) is 0 Å². The first-order valence-electron chi connectivity index (χ1n) is 8.58. The summed E-state index contributed by atoms with van der Waals surface area (Å²) in [5.74, 6) is 1.07. The average molecular weight is 398 g/mol. The second kappa shape index (κ2) is 19.1. The highest BCUT2D eigenvalue weighted by Gasteiger charge is 1.94. The molecule has 0 unspecified atom stereocenters. The van der Waals surface area contributed by atoms with E-state index in [2.05, 4.69) is 35.2 Å². The lowest BCUT2D eigenvalue weighted by atomic mass is 10.0. The van der Waals surface area contributed by atoms with Gasteiger partial charge in [0.2, 0.25) is 0 Å². The number of rotatable bonds is 16. The van der Waals surface area contributed by atoms with Gasteiger partial charge in [-0.1, -0.05) is 106 Å². The number of thiol groups is 1. The standard InChI is InChI=1S/C17H35IS/c18-16-14-12-10-8-6-4-2-1-3-5-7-9-11-13-15-17-19/h19H,1-17H2. The van der Waals surface area contributed by atoms with Crippen molar-refractivity contribution in [1.29, 1.82) is 0 Å². The average Bonchev–Trinajstić information content (AvgIpc) is 2.43. The fraction of sp³-hybridized carbons (Fsp3) is 1.00. The Bertz CT molecular complexity index is 134. The molecule has 0 aliphatic carbocycles. The highest BCUT2D eigenvalue weighted by Crippen LogP contribution is 2.13. The maximum atomic E-state index is 4.24. The Morgan fingerprint density at radius 2 is 0.684 bits per heavy atom. The minimum absolute atomic E-state index is 1.07. The van der Waals surface area contributed by atoms with Gasteiger partial charge in [-0.3, -0.25) is 0 Å². The summed E-state index contributed by atoms with van der Waals surface area (Å²) in [6, 6.07) is 0. The third-order valence-electron chi connectivity index (χ3n) is 3.79. The number of hydrogen-bond donors (Lipinski definition) is 1. The van der Waals surface area contributed by atoms with E-state index in [4.69, 9.17) is 0 Å². The summed E-state index contributed by atoms with van der Waals surface area (Å²) >= 11 is 6.73. The molecule has 0 spiro atoms. The normalized spacial score (nSPS) is 11.1. The second-order valence-corrected chi connectivity index (χ2v) is 7.24. The van der Waals surface area contributed by atoms with Crippen LogP contribution in [0.4, 0.5) is 0 Å². The molecule has 0 atom stereocenters. The fourth-order valence-electron chi connectivity index (χ4n) is 2.50. The molecule has 0 bridgehead atoms. The van der Waals surface area contributed by atoms with Crippen LogP contribution in [0.15, 0.2) is 0 Å². The Kier molecular flexibility index (Phi) is 20.2. The Labute approximate surface area is 141 Å². The van der Waals surface area contributed by atoms with Gasteiger partial charge >= 0.3 is 0 Å². The van der Waals surface area contributed by atoms with Gasteiger partial charge in [0.05, 0.1) is 0 Å². The van der Waals surface area contributed by atoms with E-state index in [1.165, 1.54) is 101 Å². The number of unbranched alkanes of at least 4 members (excludes halogenated alkanes) is 14. The zero-order valence-corrected chi connectivity index (χ0v) is 15.9. The molecule has 0 saturated carbocycles. The first-order valence-corrected chi connectivity index (χ1v) is 10.7. The SMILES string of the molecule is SCCCCCCCCCCCCCCCCCI. The maximum Gasteiger partial charge on any atom is -0.000473 e. The lowest BCUT2D eigenvalue weighted by molar-refractivity contribution is 0.535. The molecule has 0 fully saturated rings. The maximum absolute atomic E-state index is 4.24. The van der Waals surface area contributed by atoms with Gasteiger partial charge in [0.15, 0.2) is 0 Å². The van der Waals surface area contributed by atoms with Gasteiger partial charge in [-0.15, -0.1) is 0 Å². The molecule has 0 amide bonds. The van der Waals surface area contributed by atoms with Crippen LogP contribution in [-0.2, 0) is 0 Å². The van der Waals surface area contributed by atoms with Gasteiger partial charge in [-0.2, -0.15) is 12.6 Å². The van der Waals surface area contributed by atoms with Crippen molar-refractivity contribution in [1.82, 2.24) is 0 Å². The van der Waals surface area contributed by atoms with E-state index in [1.807, 2.05) is 0 Å². The summed E-state index contributed by atoms with van der Waals surface area (Å²) in [6.07, 6.45) is 21.7. The van der Waals surface area contributed by atoms with Crippen molar-refractivity contribution < 1.29 is 0 Å². The topological polar surface area (TPSA) is 0 Å². The zero-order chi connectivity index (χ0) is 14.0. The van der Waals surface area contributed by atoms with E-state index in [1.54, 1.807) is 0 Å². The fourth-order valence-corrected chi connectivity index (χ4v) is 3.27. The van der Waals surface area contributed by atoms with Crippen LogP contribution in [-0.4, -0.2) is 10.2 Å². The molecule has 2 heteroatoms. The summed E-state index contributed by atoms with van der Waals surface area (Å²) in [7, 11) is 0. The van der Waals surface area contributed by atoms with E-state index in [0.717, 1.165) is 5.75 Å². The van der Waals surface area contributed by atoms with Gasteiger partial charge in [-0.05, 0) is 23.0 Å². The highest BCUT2D eigenvalue weighted by atomic mass is 127. The highest BCUT2D eigenvalue weighted by molar-refractivity contribution is 14.1. The Hall–Kier alpha value is 1.08. The summed E-state index contributed by atoms with van der Waals surface area (Å²) in [6.45, 7) is 0. The third kappa shape index (κ3) is 19.1. The molecule has 0 aliphatic heterocycles. The Morgan fingerprint density at radius 3 is 0.947 bits per heavy atom. The molecule has 0 saturated heterocycles. The van der Waals surface area contributed by atoms with Crippen molar-refractivity contribution in [3.8, 4) is 0 Å². The van der Waals surface area contributed by atoms with Crippen LogP contribution in [0.2, 0.25) is 0 Å². The van der Waals surface area contributed by atoms with Gasteiger partial charge in [0.25, 0.3) is 0 Å². The number of halogens is 1. The smallest absolute Gasteiger partial charge is 0.000473 e. The monoisotopic (exact) mass is 398 g/mol. The molecule has 0 rings (SSSR count). The molecule has 0 aromatic carbocycles. The molecular weight excluding hydrogens is 363 g/mol. The molecule has 0 aliphatic rings. The van der Waals surface area contributed by atoms with E-state index in [-0.39, 0.29) is 0 Å². The first-order chi connectivity index (χ1) is 9.41. The number of alkyl halides is 1. The predicted molar refractivity (Wildman–Crippen MR) is 102 cm³/mol. The Balaban J connectivity index is 2.88. The molecule has 0 heterocycles. The minimum Gasteiger partial charge on any atom is -0.179 e. The van der Waals surface area contributed by atoms with Gasteiger partial charge in [0, 0.05) is 0 Å². The number of hydrogen-bond acceptors (Lipinski definition) is 1. The van der Waals surface area contributed by atoms with E-state index in [0.29, 0.717) is 0 Å². The summed E-state index contributed by atoms with van der Waals surface area (Å²) < 4.78 is 1.34. The molecule has 0 nitrogen and oxygen atoms in total. The lowest BCUT2D eigenvalue weighted by Gasteiger charge is -2.03. The summed E-state index contributed by atoms with van der Waals surface area (Å²) in [5, 5.41) is 0. The molecule has 0 aromatic rings. The van der Waals surface area contributed by atoms with Crippen molar-refractivity contribution in [2.45, 2.75) is 96.3 Å². The minimum atomic E-state index is 1.07. The molecule has 0 radical (unpaired) electrons. The van der Waals surface area contributed by atoms with Gasteiger partial charge in [-0.25, -0.2) is 0 Å². The Morgan fingerprint density at radius 1 is 0.421 bits per heavy atom. The van der Waals surface area contributed by atoms with Crippen molar-refractivity contribution in [3.63, 3.8) is 0 Å². The van der Waals surface area contributed by atoms with Crippen molar-refractivity contribution >= 4 is 35.2 Å². The van der Waals surface area contributed by atoms with Gasteiger partial charge in [0.1, 0.15) is 0 Å². The molecule has 19 heavy (non-hydrogen) atoms. The van der Waals surface area contributed by atoms with Crippen molar-refractivity contribution in [3.05, 3.63) is 0 Å². The van der Waals surface area contributed by atoms with E-state index >= 15 is 0 Å². The van der Waals surface area contributed by atoms with Crippen LogP contribution in [0, 0.1) is 0 Å². The summed E-state index contributed by atoms with van der Waals surface area (Å²) in [4.78, 5) is 0. The zero-order valence-electron chi connectivity index (χ0n) is 12.8. The predicted octanol–water partition coefficient (Wildman–Crippen LogP) is 7.20. The van der Waals surface area contributed by atoms with E-state index in [9.17, 15) is 0 Å². The molecule has 0 aromatic heterocycles. The third-order valence-corrected chi connectivity index (χ3v) is 4.87. The van der Waals surface area contributed by atoms with Crippen LogP contribution in [0.25, 0.3) is 0 Å². The van der Waals surface area contributed by atoms with Crippen LogP contribution < -0.4 is 0 Å². The molecular formula is C17H35IS. The quantitative estimate of drug-likeness (QED) is 0.121.